The van der Waals surface area contributed by atoms with Gasteiger partial charge in [0, 0.05) is 29.7 Å². The summed E-state index contributed by atoms with van der Waals surface area (Å²) in [5.74, 6) is -0.0804. The number of rotatable bonds is 4. The van der Waals surface area contributed by atoms with Crippen molar-refractivity contribution in [2.45, 2.75) is 50.6 Å². The number of nitrogens with zero attached hydrogens (tertiary/aromatic N) is 4. The van der Waals surface area contributed by atoms with Gasteiger partial charge in [-0.1, -0.05) is 18.1 Å². The fourth-order valence-electron chi connectivity index (χ4n) is 8.14. The van der Waals surface area contributed by atoms with E-state index >= 15 is 8.78 Å². The molecule has 1 N–H and O–H groups in total. The number of benzene rings is 3. The van der Waals surface area contributed by atoms with Crippen molar-refractivity contribution < 1.29 is 27.8 Å². The number of ether oxygens (including phenoxy) is 2. The van der Waals surface area contributed by atoms with Gasteiger partial charge in [-0.2, -0.15) is 9.97 Å². The van der Waals surface area contributed by atoms with Crippen molar-refractivity contribution >= 4 is 33.1 Å². The van der Waals surface area contributed by atoms with E-state index in [9.17, 15) is 9.50 Å². The lowest BCUT2D eigenvalue weighted by atomic mass is 9.89. The van der Waals surface area contributed by atoms with Gasteiger partial charge in [-0.15, -0.1) is 6.42 Å². The van der Waals surface area contributed by atoms with E-state index in [4.69, 9.17) is 20.9 Å². The number of phenols is 1. The second-order valence-electron chi connectivity index (χ2n) is 12.8. The molecule has 5 heterocycles. The zero-order valence-corrected chi connectivity index (χ0v) is 25.5. The average Bonchev–Trinajstić information content (AvgIpc) is 3.50. The van der Waals surface area contributed by atoms with Crippen molar-refractivity contribution in [3.63, 3.8) is 0 Å². The van der Waals surface area contributed by atoms with Crippen LogP contribution in [0.25, 0.3) is 38.4 Å². The first kappa shape index (κ1) is 29.1. The first-order valence-corrected chi connectivity index (χ1v) is 15.9. The highest BCUT2D eigenvalue weighted by atomic mass is 19.1. The van der Waals surface area contributed by atoms with E-state index in [1.165, 1.54) is 24.3 Å². The van der Waals surface area contributed by atoms with Crippen LogP contribution in [0.3, 0.4) is 0 Å². The standard InChI is InChI=1S/C36H33F3N4O3/c1-3-24-26(37)8-7-21-16-23(44)17-25(28(21)24)29-31(38)27-20(2)15-22-18-45-14-6-13-43(22)34-30(27)33(32(29)39)40-35(41-34)46-19-36-9-4-11-42(36)12-5-10-36/h1,7-8,15-17,22,44H,4-6,9-14,18-19H2,2H3. The number of aromatic nitrogens is 2. The summed E-state index contributed by atoms with van der Waals surface area (Å²) < 4.78 is 61.5. The van der Waals surface area contributed by atoms with E-state index in [1.54, 1.807) is 6.92 Å². The minimum Gasteiger partial charge on any atom is -0.508 e. The minimum absolute atomic E-state index is 0.0117. The van der Waals surface area contributed by atoms with E-state index in [1.807, 2.05) is 11.0 Å². The molecule has 0 aliphatic carbocycles. The maximum atomic E-state index is 17.1. The van der Waals surface area contributed by atoms with E-state index in [0.717, 1.165) is 38.8 Å². The number of halogens is 3. The highest BCUT2D eigenvalue weighted by molar-refractivity contribution is 6.08. The number of hydrogen-bond acceptors (Lipinski definition) is 7. The van der Waals surface area contributed by atoms with Gasteiger partial charge in [0.15, 0.2) is 5.82 Å². The third-order valence-electron chi connectivity index (χ3n) is 10.2. The Kier molecular flexibility index (Phi) is 6.89. The summed E-state index contributed by atoms with van der Waals surface area (Å²) in [5, 5.41) is 11.4. The first-order chi connectivity index (χ1) is 22.3. The Morgan fingerprint density at radius 2 is 1.85 bits per heavy atom. The fourth-order valence-corrected chi connectivity index (χ4v) is 8.14. The fraction of sp³-hybridized carbons (Fsp3) is 0.389. The zero-order chi connectivity index (χ0) is 31.7. The highest BCUT2D eigenvalue weighted by Gasteiger charge is 2.45. The lowest BCUT2D eigenvalue weighted by molar-refractivity contribution is 0.108. The molecule has 3 aromatic carbocycles. The smallest absolute Gasteiger partial charge is 0.319 e. The molecule has 46 heavy (non-hydrogen) atoms. The molecule has 1 atom stereocenters. The number of phenolic OH excluding ortho intramolecular Hbond substituents is 1. The number of aromatic hydroxyl groups is 1. The predicted molar refractivity (Wildman–Crippen MR) is 170 cm³/mol. The molecule has 3 fully saturated rings. The largest absolute Gasteiger partial charge is 0.508 e. The van der Waals surface area contributed by atoms with Gasteiger partial charge in [0.2, 0.25) is 0 Å². The number of anilines is 1. The molecule has 4 aliphatic heterocycles. The van der Waals surface area contributed by atoms with Gasteiger partial charge in [-0.25, -0.2) is 13.2 Å². The summed E-state index contributed by atoms with van der Waals surface area (Å²) in [7, 11) is 0. The Hall–Kier alpha value is -4.33. The lowest BCUT2D eigenvalue weighted by Gasteiger charge is -2.32. The van der Waals surface area contributed by atoms with E-state index in [0.29, 0.717) is 49.6 Å². The Bertz CT molecular complexity index is 2000. The Morgan fingerprint density at radius 1 is 1.04 bits per heavy atom. The molecule has 10 heteroatoms. The van der Waals surface area contributed by atoms with Gasteiger partial charge in [0.05, 0.1) is 34.7 Å². The van der Waals surface area contributed by atoms with Crippen molar-refractivity contribution in [1.82, 2.24) is 14.9 Å². The summed E-state index contributed by atoms with van der Waals surface area (Å²) in [5.41, 5.74) is -0.214. The van der Waals surface area contributed by atoms with Crippen molar-refractivity contribution in [2.24, 2.45) is 0 Å². The first-order valence-electron chi connectivity index (χ1n) is 15.9. The molecule has 0 spiro atoms. The molecule has 4 aromatic rings. The molecule has 8 rings (SSSR count). The molecular weight excluding hydrogens is 593 g/mol. The van der Waals surface area contributed by atoms with Crippen molar-refractivity contribution in [1.29, 1.82) is 0 Å². The normalized spacial score (nSPS) is 20.6. The van der Waals surface area contributed by atoms with Crippen LogP contribution in [0.15, 0.2) is 30.3 Å². The molecule has 3 saturated heterocycles. The summed E-state index contributed by atoms with van der Waals surface area (Å²) in [6, 6.07) is 4.93. The van der Waals surface area contributed by atoms with E-state index in [2.05, 4.69) is 15.8 Å². The second-order valence-corrected chi connectivity index (χ2v) is 12.8. The maximum absolute atomic E-state index is 17.1. The average molecular weight is 627 g/mol. The van der Waals surface area contributed by atoms with Crippen molar-refractivity contribution in [2.75, 3.05) is 44.4 Å². The Morgan fingerprint density at radius 3 is 2.63 bits per heavy atom. The SMILES string of the molecule is C#Cc1c(F)ccc2cc(O)cc(-c3c(F)c4c5c(nc(OCC67CCCN6CCC7)nc5c3F)N3CCCOCC3C=C4C)c12. The number of fused-ring (bicyclic) bond motifs is 4. The summed E-state index contributed by atoms with van der Waals surface area (Å²) in [4.78, 5) is 13.9. The minimum atomic E-state index is -0.970. The predicted octanol–water partition coefficient (Wildman–Crippen LogP) is 6.57. The molecule has 4 aliphatic rings. The van der Waals surface area contributed by atoms with Crippen molar-refractivity contribution in [3.05, 3.63) is 58.9 Å². The van der Waals surface area contributed by atoms with Crippen LogP contribution < -0.4 is 9.64 Å². The highest BCUT2D eigenvalue weighted by Crippen LogP contribution is 2.47. The molecule has 0 radical (unpaired) electrons. The van der Waals surface area contributed by atoms with Crippen LogP contribution in [0.2, 0.25) is 0 Å². The monoisotopic (exact) mass is 626 g/mol. The third-order valence-corrected chi connectivity index (χ3v) is 10.2. The van der Waals surface area contributed by atoms with Crippen LogP contribution in [0.5, 0.6) is 11.8 Å². The van der Waals surface area contributed by atoms with Gasteiger partial charge in [0.1, 0.15) is 35.3 Å². The van der Waals surface area contributed by atoms with E-state index < -0.39 is 23.0 Å². The Labute approximate surface area is 264 Å². The molecule has 7 nitrogen and oxygen atoms in total. The molecule has 236 valence electrons. The maximum Gasteiger partial charge on any atom is 0.319 e. The lowest BCUT2D eigenvalue weighted by Crippen LogP contribution is -2.43. The molecule has 1 unspecified atom stereocenters. The number of allylic oxidation sites excluding steroid dienone is 1. The van der Waals surface area contributed by atoms with Gasteiger partial charge in [-0.3, -0.25) is 4.90 Å². The topological polar surface area (TPSA) is 71.0 Å². The van der Waals surface area contributed by atoms with Crippen molar-refractivity contribution in [3.8, 4) is 35.2 Å². The van der Waals surface area contributed by atoms with Crippen LogP contribution >= 0.6 is 0 Å². The van der Waals surface area contributed by atoms with Crippen LogP contribution in [-0.4, -0.2) is 71.0 Å². The Balaban J connectivity index is 1.41. The third kappa shape index (κ3) is 4.36. The molecule has 0 bridgehead atoms. The van der Waals surface area contributed by atoms with Gasteiger partial charge < -0.3 is 19.5 Å². The van der Waals surface area contributed by atoms with Crippen LogP contribution in [0.1, 0.15) is 50.2 Å². The molecule has 0 saturated carbocycles. The quantitative estimate of drug-likeness (QED) is 0.257. The molecular formula is C36H33F3N4O3. The zero-order valence-electron chi connectivity index (χ0n) is 25.5. The van der Waals surface area contributed by atoms with Crippen LogP contribution in [0, 0.1) is 29.8 Å². The molecule has 0 amide bonds. The number of terminal acetylenes is 1. The van der Waals surface area contributed by atoms with Crippen LogP contribution in [0.4, 0.5) is 19.0 Å². The van der Waals surface area contributed by atoms with Crippen LogP contribution in [-0.2, 0) is 4.74 Å². The van der Waals surface area contributed by atoms with Gasteiger partial charge >= 0.3 is 6.01 Å². The summed E-state index contributed by atoms with van der Waals surface area (Å²) in [6.45, 7) is 5.64. The van der Waals surface area contributed by atoms with Gasteiger partial charge in [-0.05, 0) is 81.3 Å². The summed E-state index contributed by atoms with van der Waals surface area (Å²) >= 11 is 0. The van der Waals surface area contributed by atoms with E-state index in [-0.39, 0.29) is 56.3 Å². The summed E-state index contributed by atoms with van der Waals surface area (Å²) in [6.07, 6.45) is 12.5. The number of hydrogen-bond donors (Lipinski definition) is 1. The molecule has 1 aromatic heterocycles. The van der Waals surface area contributed by atoms with Gasteiger partial charge in [0.25, 0.3) is 0 Å². The second kappa shape index (κ2) is 10.9.